The van der Waals surface area contributed by atoms with Gasteiger partial charge in [0, 0.05) is 25.5 Å². The molecule has 0 spiro atoms. The summed E-state index contributed by atoms with van der Waals surface area (Å²) >= 11 is 0.963. The van der Waals surface area contributed by atoms with Gasteiger partial charge in [0.1, 0.15) is 18.3 Å². The molecule has 0 radical (unpaired) electrons. The number of aromatic nitrogens is 4. The van der Waals surface area contributed by atoms with Crippen molar-refractivity contribution >= 4 is 54.0 Å². The molecule has 0 aliphatic carbocycles. The number of anilines is 3. The monoisotopic (exact) mass is 553 g/mol. The molecule has 17 heteroatoms. The molecule has 3 aromatic rings. The third-order valence-electron chi connectivity index (χ3n) is 5.75. The van der Waals surface area contributed by atoms with Gasteiger partial charge in [-0.25, -0.2) is 4.98 Å². The second-order valence-electron chi connectivity index (χ2n) is 8.53. The van der Waals surface area contributed by atoms with Gasteiger partial charge in [-0.2, -0.15) is 4.98 Å². The fourth-order valence-corrected chi connectivity index (χ4v) is 5.79. The van der Waals surface area contributed by atoms with Crippen molar-refractivity contribution < 1.29 is 34.6 Å². The average Bonchev–Trinajstić information content (AvgIpc) is 3.34. The highest BCUT2D eigenvalue weighted by molar-refractivity contribution is 7.99. The smallest absolute Gasteiger partial charge is 0.756 e. The molecule has 1 amide bonds. The van der Waals surface area contributed by atoms with E-state index in [4.69, 9.17) is 15.0 Å². The number of aromatic amines is 1. The number of H-pyrrole nitrogens is 1. The topological polar surface area (TPSA) is 210 Å². The van der Waals surface area contributed by atoms with Gasteiger partial charge in [0.15, 0.2) is 22.5 Å². The van der Waals surface area contributed by atoms with Crippen molar-refractivity contribution in [2.75, 3.05) is 42.4 Å². The first-order chi connectivity index (χ1) is 17.5. The summed E-state index contributed by atoms with van der Waals surface area (Å²) in [6, 6.07) is 7.24. The van der Waals surface area contributed by atoms with Crippen LogP contribution >= 0.6 is 19.6 Å². The van der Waals surface area contributed by atoms with Gasteiger partial charge in [0.25, 0.3) is 13.4 Å². The van der Waals surface area contributed by atoms with E-state index in [-0.39, 0.29) is 42.0 Å². The van der Waals surface area contributed by atoms with Crippen molar-refractivity contribution in [3.05, 3.63) is 34.6 Å². The lowest BCUT2D eigenvalue weighted by molar-refractivity contribution is -0.245. The van der Waals surface area contributed by atoms with Gasteiger partial charge in [-0.05, 0) is 24.3 Å². The van der Waals surface area contributed by atoms with Crippen LogP contribution < -0.4 is 26.4 Å². The van der Waals surface area contributed by atoms with Crippen LogP contribution in [0.5, 0.6) is 0 Å². The van der Waals surface area contributed by atoms with Crippen molar-refractivity contribution in [3.8, 4) is 0 Å². The lowest BCUT2D eigenvalue weighted by atomic mass is 10.1. The van der Waals surface area contributed by atoms with E-state index in [1.807, 2.05) is 31.1 Å². The first kappa shape index (κ1) is 25.7. The number of fused-ring (bicyclic) bond motifs is 2. The Hall–Kier alpha value is -2.98. The number of nitrogens with zero attached hydrogens (tertiary/aromatic N) is 4. The summed E-state index contributed by atoms with van der Waals surface area (Å²) in [4.78, 5) is 49.6. The van der Waals surface area contributed by atoms with Gasteiger partial charge in [-0.3, -0.25) is 23.7 Å². The fraction of sp³-hybridized carbons (Fsp3) is 0.400. The maximum Gasteiger partial charge on any atom is 1.00 e. The summed E-state index contributed by atoms with van der Waals surface area (Å²) in [5, 5.41) is 13.8. The number of phosphoric acid groups is 1. The number of phosphoric ester groups is 1. The number of rotatable bonds is 6. The van der Waals surface area contributed by atoms with Crippen molar-refractivity contribution in [1.82, 2.24) is 19.5 Å². The van der Waals surface area contributed by atoms with Crippen LogP contribution in [0, 0.1) is 0 Å². The molecule has 0 saturated carbocycles. The number of carbonyl (C=O) groups is 1. The molecule has 198 valence electrons. The molecule has 37 heavy (non-hydrogen) atoms. The zero-order chi connectivity index (χ0) is 26.5. The Morgan fingerprint density at radius 1 is 1.41 bits per heavy atom. The summed E-state index contributed by atoms with van der Waals surface area (Å²) < 4.78 is 28.5. The molecule has 1 aromatic carbocycles. The van der Waals surface area contributed by atoms with Gasteiger partial charge < -0.3 is 39.7 Å². The van der Waals surface area contributed by atoms with Gasteiger partial charge in [-0.15, -0.1) is 0 Å². The Morgan fingerprint density at radius 3 is 2.84 bits per heavy atom. The molecule has 5 rings (SSSR count). The first-order valence-electron chi connectivity index (χ1n) is 11.0. The predicted octanol–water partition coefficient (Wildman–Crippen LogP) is -0.247. The standard InChI is InChI=1S/C20H24N7O8PS/c1-26(2)10-5-3-9(4-6-10)22-12(28)8-37-20-23-13-16(24-19(21)25-17(13)30)27(20)18-14(29)15-11(34-18)7-33-36(31,32)35-15/h3-6,11,14-15,18,29H,7-8H2,1-2H3,(H,22,28)(H,31,32)(H3,21,24,25,30)/t11?,14?,15-,18-/m1/s1. The summed E-state index contributed by atoms with van der Waals surface area (Å²) in [6.07, 6.45) is -4.90. The lowest BCUT2D eigenvalue weighted by Crippen LogP contribution is -2.41. The first-order valence-corrected chi connectivity index (χ1v) is 13.4. The SMILES string of the molecule is CN(C)c1ccc(NC(=O)CSc2nc3c(=O)[nH]c(N)nc3n2[C@@H]2OC3COP(=O)([O-])O[C@H]3C2O)cc1.[H+]. The minimum atomic E-state index is -4.61. The van der Waals surface area contributed by atoms with E-state index in [1.165, 1.54) is 4.57 Å². The van der Waals surface area contributed by atoms with E-state index in [2.05, 4.69) is 24.8 Å². The number of nitrogens with two attached hydrogens (primary N) is 1. The number of nitrogen functional groups attached to an aromatic ring is 1. The molecule has 5 N–H and O–H groups in total. The number of thioether (sulfide) groups is 1. The number of aliphatic hydroxyl groups is 1. The highest BCUT2D eigenvalue weighted by Gasteiger charge is 2.51. The normalized spacial score (nSPS) is 27.2. The van der Waals surface area contributed by atoms with Crippen LogP contribution in [0.25, 0.3) is 11.2 Å². The third kappa shape index (κ3) is 5.09. The molecule has 0 bridgehead atoms. The molecule has 2 aromatic heterocycles. The minimum Gasteiger partial charge on any atom is -0.756 e. The van der Waals surface area contributed by atoms with Crippen LogP contribution in [0.15, 0.2) is 34.2 Å². The van der Waals surface area contributed by atoms with Crippen molar-refractivity contribution in [2.45, 2.75) is 29.7 Å². The lowest BCUT2D eigenvalue weighted by Gasteiger charge is -2.34. The minimum absolute atomic E-state index is 0. The second kappa shape index (κ2) is 9.72. The zero-order valence-electron chi connectivity index (χ0n) is 20.6. The van der Waals surface area contributed by atoms with Crippen LogP contribution in [0.4, 0.5) is 17.3 Å². The maximum absolute atomic E-state index is 12.6. The van der Waals surface area contributed by atoms with Crippen LogP contribution in [0.2, 0.25) is 0 Å². The predicted molar refractivity (Wildman–Crippen MR) is 132 cm³/mol. The molecule has 4 heterocycles. The molecule has 2 fully saturated rings. The highest BCUT2D eigenvalue weighted by atomic mass is 32.2. The number of nitrogens with one attached hydrogen (secondary N) is 2. The Kier molecular flexibility index (Phi) is 6.74. The zero-order valence-corrected chi connectivity index (χ0v) is 21.3. The number of amides is 1. The van der Waals surface area contributed by atoms with Crippen LogP contribution in [-0.4, -0.2) is 75.3 Å². The summed E-state index contributed by atoms with van der Waals surface area (Å²) in [5.41, 5.74) is 6.52. The highest BCUT2D eigenvalue weighted by Crippen LogP contribution is 2.50. The Balaban J connectivity index is 0.00000336. The number of ether oxygens (including phenoxy) is 1. The maximum atomic E-state index is 12.6. The van der Waals surface area contributed by atoms with Gasteiger partial charge >= 0.3 is 1.43 Å². The van der Waals surface area contributed by atoms with E-state index < -0.39 is 37.9 Å². The van der Waals surface area contributed by atoms with E-state index >= 15 is 0 Å². The average molecular weight is 553 g/mol. The molecule has 3 unspecified atom stereocenters. The summed E-state index contributed by atoms with van der Waals surface area (Å²) in [7, 11) is -0.797. The number of aliphatic hydroxyl groups excluding tert-OH is 1. The quantitative estimate of drug-likeness (QED) is 0.229. The number of hydrogen-bond acceptors (Lipinski definition) is 13. The number of hydrogen-bond donors (Lipinski definition) is 4. The van der Waals surface area contributed by atoms with Crippen LogP contribution in [-0.2, 0) is 23.1 Å². The molecule has 15 nitrogen and oxygen atoms in total. The van der Waals surface area contributed by atoms with Crippen molar-refractivity contribution in [3.63, 3.8) is 0 Å². The molecular weight excluding hydrogens is 529 g/mol. The second-order valence-corrected chi connectivity index (χ2v) is 10.8. The van der Waals surface area contributed by atoms with Crippen molar-refractivity contribution in [2.24, 2.45) is 0 Å². The van der Waals surface area contributed by atoms with Gasteiger partial charge in [0.2, 0.25) is 11.9 Å². The van der Waals surface area contributed by atoms with Gasteiger partial charge in [0.05, 0.1) is 12.4 Å². The molecule has 5 atom stereocenters. The largest absolute Gasteiger partial charge is 1.00 e. The van der Waals surface area contributed by atoms with E-state index in [0.717, 1.165) is 17.4 Å². The third-order valence-corrected chi connectivity index (χ3v) is 7.67. The van der Waals surface area contributed by atoms with E-state index in [9.17, 15) is 24.2 Å². The van der Waals surface area contributed by atoms with Crippen LogP contribution in [0.1, 0.15) is 7.65 Å². The van der Waals surface area contributed by atoms with E-state index in [1.54, 1.807) is 12.1 Å². The summed E-state index contributed by atoms with van der Waals surface area (Å²) in [6.45, 7) is -0.362. The number of benzene rings is 1. The Morgan fingerprint density at radius 2 is 2.14 bits per heavy atom. The molecule has 2 saturated heterocycles. The molecule has 2 aliphatic rings. The van der Waals surface area contributed by atoms with Crippen molar-refractivity contribution in [1.29, 1.82) is 0 Å². The number of carbonyl (C=O) groups excluding carboxylic acids is 1. The fourth-order valence-electron chi connectivity index (χ4n) is 4.02. The Labute approximate surface area is 215 Å². The van der Waals surface area contributed by atoms with E-state index in [0.29, 0.717) is 5.69 Å². The van der Waals surface area contributed by atoms with Gasteiger partial charge in [-0.1, -0.05) is 11.8 Å². The summed E-state index contributed by atoms with van der Waals surface area (Å²) in [5.74, 6) is -0.673. The Bertz CT molecular complexity index is 1450. The van der Waals surface area contributed by atoms with Crippen LogP contribution in [0.3, 0.4) is 0 Å². The molecule has 2 aliphatic heterocycles. The number of imidazole rings is 1. The molecular formula is C20H24N7O8PS.